The van der Waals surface area contributed by atoms with Gasteiger partial charge >= 0.3 is 5.97 Å². The SMILES string of the molecule is CSc1nc(C)c(CCC(=O)OC(C)C(=O)N(C)Cc2ccccc2)c(C)n1. The Morgan fingerprint density at radius 1 is 1.14 bits per heavy atom. The van der Waals surface area contributed by atoms with Crippen molar-refractivity contribution in [2.45, 2.75) is 51.4 Å². The van der Waals surface area contributed by atoms with Gasteiger partial charge in [0.05, 0.1) is 0 Å². The second-order valence-corrected chi connectivity index (χ2v) is 7.45. The number of likely N-dealkylation sites (N-methyl/N-ethyl adjacent to an activating group) is 1. The van der Waals surface area contributed by atoms with Gasteiger partial charge in [-0.2, -0.15) is 0 Å². The number of benzene rings is 1. The summed E-state index contributed by atoms with van der Waals surface area (Å²) in [6, 6.07) is 9.69. The lowest BCUT2D eigenvalue weighted by Crippen LogP contribution is -2.37. The number of thioether (sulfide) groups is 1. The Labute approximate surface area is 170 Å². The van der Waals surface area contributed by atoms with Crippen LogP contribution in [0.2, 0.25) is 0 Å². The number of esters is 1. The minimum Gasteiger partial charge on any atom is -0.453 e. The molecule has 2 rings (SSSR count). The van der Waals surface area contributed by atoms with Gasteiger partial charge in [0.1, 0.15) is 0 Å². The van der Waals surface area contributed by atoms with Crippen LogP contribution in [0.25, 0.3) is 0 Å². The highest BCUT2D eigenvalue weighted by molar-refractivity contribution is 7.98. The highest BCUT2D eigenvalue weighted by atomic mass is 32.2. The molecule has 2 aromatic rings. The van der Waals surface area contributed by atoms with Crippen molar-refractivity contribution in [1.29, 1.82) is 0 Å². The second kappa shape index (κ2) is 10.2. The van der Waals surface area contributed by atoms with E-state index in [9.17, 15) is 9.59 Å². The van der Waals surface area contributed by atoms with Gasteiger partial charge in [0, 0.05) is 31.4 Å². The first kappa shape index (κ1) is 21.9. The Kier molecular flexibility index (Phi) is 7.99. The summed E-state index contributed by atoms with van der Waals surface area (Å²) in [5.41, 5.74) is 3.72. The third-order valence-electron chi connectivity index (χ3n) is 4.46. The number of nitrogens with zero attached hydrogens (tertiary/aromatic N) is 3. The maximum Gasteiger partial charge on any atom is 0.306 e. The molecule has 1 amide bonds. The molecule has 28 heavy (non-hydrogen) atoms. The fourth-order valence-corrected chi connectivity index (χ4v) is 3.40. The molecule has 0 spiro atoms. The molecule has 1 aromatic carbocycles. The van der Waals surface area contributed by atoms with E-state index in [1.165, 1.54) is 11.8 Å². The van der Waals surface area contributed by atoms with Crippen molar-refractivity contribution < 1.29 is 14.3 Å². The Morgan fingerprint density at radius 2 is 1.75 bits per heavy atom. The molecule has 0 fully saturated rings. The van der Waals surface area contributed by atoms with Crippen molar-refractivity contribution in [1.82, 2.24) is 14.9 Å². The molecule has 7 heteroatoms. The molecule has 1 aromatic heterocycles. The summed E-state index contributed by atoms with van der Waals surface area (Å²) < 4.78 is 5.34. The molecular weight excluding hydrogens is 374 g/mol. The zero-order valence-electron chi connectivity index (χ0n) is 17.1. The number of hydrogen-bond acceptors (Lipinski definition) is 6. The molecule has 6 nitrogen and oxygen atoms in total. The molecule has 0 aliphatic heterocycles. The normalized spacial score (nSPS) is 11.8. The molecule has 0 saturated heterocycles. The van der Waals surface area contributed by atoms with Crippen molar-refractivity contribution in [3.8, 4) is 0 Å². The van der Waals surface area contributed by atoms with Gasteiger partial charge in [-0.05, 0) is 44.6 Å². The molecule has 0 radical (unpaired) electrons. The smallest absolute Gasteiger partial charge is 0.306 e. The maximum atomic E-state index is 12.5. The minimum absolute atomic E-state index is 0.184. The average molecular weight is 402 g/mol. The van der Waals surface area contributed by atoms with Crippen LogP contribution in [0.1, 0.15) is 35.9 Å². The van der Waals surface area contributed by atoms with Crippen molar-refractivity contribution in [2.75, 3.05) is 13.3 Å². The van der Waals surface area contributed by atoms with Gasteiger partial charge in [-0.3, -0.25) is 9.59 Å². The number of aryl methyl sites for hydroxylation is 2. The lowest BCUT2D eigenvalue weighted by atomic mass is 10.1. The molecular formula is C21H27N3O3S. The number of carbonyl (C=O) groups is 2. The molecule has 150 valence electrons. The van der Waals surface area contributed by atoms with Crippen LogP contribution in [0.3, 0.4) is 0 Å². The second-order valence-electron chi connectivity index (χ2n) is 6.67. The standard InChI is InChI=1S/C21H27N3O3S/c1-14-18(15(2)23-21(22-14)28-5)11-12-19(25)27-16(3)20(26)24(4)13-17-9-7-6-8-10-17/h6-10,16H,11-13H2,1-5H3. The third-order valence-corrected chi connectivity index (χ3v) is 5.00. The number of ether oxygens (including phenoxy) is 1. The van der Waals surface area contributed by atoms with Gasteiger partial charge in [0.25, 0.3) is 5.91 Å². The zero-order chi connectivity index (χ0) is 20.7. The van der Waals surface area contributed by atoms with E-state index in [0.29, 0.717) is 13.0 Å². The summed E-state index contributed by atoms with van der Waals surface area (Å²) in [4.78, 5) is 35.1. The van der Waals surface area contributed by atoms with E-state index in [-0.39, 0.29) is 12.3 Å². The molecule has 1 atom stereocenters. The lowest BCUT2D eigenvalue weighted by Gasteiger charge is -2.21. The molecule has 0 N–H and O–H groups in total. The molecule has 1 heterocycles. The van der Waals surface area contributed by atoms with Gasteiger partial charge in [-0.1, -0.05) is 42.1 Å². The van der Waals surface area contributed by atoms with Gasteiger partial charge in [-0.15, -0.1) is 0 Å². The number of carbonyl (C=O) groups excluding carboxylic acids is 2. The lowest BCUT2D eigenvalue weighted by molar-refractivity contribution is -0.158. The summed E-state index contributed by atoms with van der Waals surface area (Å²) in [5, 5.41) is 0.724. The fraction of sp³-hybridized carbons (Fsp3) is 0.429. The predicted molar refractivity (Wildman–Crippen MR) is 110 cm³/mol. The van der Waals surface area contributed by atoms with Gasteiger partial charge < -0.3 is 9.64 Å². The molecule has 0 saturated carbocycles. The van der Waals surface area contributed by atoms with E-state index in [2.05, 4.69) is 9.97 Å². The first-order valence-corrected chi connectivity index (χ1v) is 10.4. The zero-order valence-corrected chi connectivity index (χ0v) is 17.9. The van der Waals surface area contributed by atoms with E-state index in [1.807, 2.05) is 50.4 Å². The highest BCUT2D eigenvalue weighted by Crippen LogP contribution is 2.17. The van der Waals surface area contributed by atoms with Gasteiger partial charge in [0.2, 0.25) is 0 Å². The Balaban J connectivity index is 1.87. The van der Waals surface area contributed by atoms with E-state index in [1.54, 1.807) is 18.9 Å². The predicted octanol–water partition coefficient (Wildman–Crippen LogP) is 3.34. The van der Waals surface area contributed by atoms with Crippen LogP contribution in [-0.4, -0.2) is 46.2 Å². The quantitative estimate of drug-likeness (QED) is 0.384. The van der Waals surface area contributed by atoms with Crippen LogP contribution in [0, 0.1) is 13.8 Å². The summed E-state index contributed by atoms with van der Waals surface area (Å²) in [6.07, 6.45) is 1.78. The summed E-state index contributed by atoms with van der Waals surface area (Å²) >= 11 is 1.49. The first-order chi connectivity index (χ1) is 13.3. The van der Waals surface area contributed by atoms with Crippen LogP contribution in [0.15, 0.2) is 35.5 Å². The fourth-order valence-electron chi connectivity index (χ4n) is 2.94. The van der Waals surface area contributed by atoms with Crippen molar-refractivity contribution in [3.63, 3.8) is 0 Å². The Bertz CT molecular complexity index is 804. The molecule has 0 aliphatic rings. The summed E-state index contributed by atoms with van der Waals surface area (Å²) in [5.74, 6) is -0.626. The highest BCUT2D eigenvalue weighted by Gasteiger charge is 2.22. The van der Waals surface area contributed by atoms with Crippen LogP contribution >= 0.6 is 11.8 Å². The third kappa shape index (κ3) is 6.05. The van der Waals surface area contributed by atoms with Crippen LogP contribution in [-0.2, 0) is 27.3 Å². The topological polar surface area (TPSA) is 72.4 Å². The van der Waals surface area contributed by atoms with Crippen molar-refractivity contribution in [3.05, 3.63) is 52.8 Å². The summed E-state index contributed by atoms with van der Waals surface area (Å²) in [7, 11) is 1.71. The van der Waals surface area contributed by atoms with Gasteiger partial charge in [-0.25, -0.2) is 9.97 Å². The Morgan fingerprint density at radius 3 is 2.32 bits per heavy atom. The maximum absolute atomic E-state index is 12.5. The van der Waals surface area contributed by atoms with Crippen molar-refractivity contribution in [2.24, 2.45) is 0 Å². The molecule has 0 bridgehead atoms. The monoisotopic (exact) mass is 401 g/mol. The van der Waals surface area contributed by atoms with Gasteiger partial charge in [0.15, 0.2) is 11.3 Å². The van der Waals surface area contributed by atoms with E-state index in [4.69, 9.17) is 4.74 Å². The molecule has 0 aliphatic carbocycles. The Hall–Kier alpha value is -2.41. The van der Waals surface area contributed by atoms with E-state index in [0.717, 1.165) is 27.7 Å². The van der Waals surface area contributed by atoms with E-state index >= 15 is 0 Å². The first-order valence-electron chi connectivity index (χ1n) is 9.18. The number of rotatable bonds is 8. The van der Waals surface area contributed by atoms with E-state index < -0.39 is 12.1 Å². The summed E-state index contributed by atoms with van der Waals surface area (Å²) in [6.45, 7) is 5.91. The van der Waals surface area contributed by atoms with Crippen molar-refractivity contribution >= 4 is 23.6 Å². The van der Waals surface area contributed by atoms with Crippen LogP contribution in [0.5, 0.6) is 0 Å². The number of hydrogen-bond donors (Lipinski definition) is 0. The minimum atomic E-state index is -0.821. The number of amides is 1. The van der Waals surface area contributed by atoms with Crippen LogP contribution < -0.4 is 0 Å². The number of aromatic nitrogens is 2. The van der Waals surface area contributed by atoms with Crippen LogP contribution in [0.4, 0.5) is 0 Å². The largest absolute Gasteiger partial charge is 0.453 e. The average Bonchev–Trinajstić information content (AvgIpc) is 2.67. The molecule has 1 unspecified atom stereocenters.